The summed E-state index contributed by atoms with van der Waals surface area (Å²) in [4.78, 5) is 0. The van der Waals surface area contributed by atoms with Crippen molar-refractivity contribution >= 4 is 17.3 Å². The molecule has 1 aliphatic heterocycles. The lowest BCUT2D eigenvalue weighted by Gasteiger charge is -2.26. The molecule has 0 bridgehead atoms. The van der Waals surface area contributed by atoms with Crippen molar-refractivity contribution in [1.82, 2.24) is 0 Å². The van der Waals surface area contributed by atoms with E-state index in [9.17, 15) is 0 Å². The number of benzene rings is 1. The van der Waals surface area contributed by atoms with Crippen LogP contribution in [0.4, 0.5) is 5.69 Å². The van der Waals surface area contributed by atoms with Gasteiger partial charge in [-0.15, -0.1) is 0 Å². The van der Waals surface area contributed by atoms with Gasteiger partial charge in [0.1, 0.15) is 11.7 Å². The zero-order chi connectivity index (χ0) is 13.0. The molecule has 96 valence electrons. The fourth-order valence-corrected chi connectivity index (χ4v) is 2.16. The number of nitrogens with one attached hydrogen (secondary N) is 1. The summed E-state index contributed by atoms with van der Waals surface area (Å²) in [5, 5.41) is 12.5. The van der Waals surface area contributed by atoms with Gasteiger partial charge < -0.3 is 14.8 Å². The minimum Gasteiger partial charge on any atom is -0.382 e. The van der Waals surface area contributed by atoms with Crippen LogP contribution in [0.5, 0.6) is 0 Å². The first-order valence-corrected chi connectivity index (χ1v) is 6.13. The van der Waals surface area contributed by atoms with E-state index in [0.29, 0.717) is 23.7 Å². The first-order chi connectivity index (χ1) is 8.69. The van der Waals surface area contributed by atoms with Gasteiger partial charge in [-0.05, 0) is 18.2 Å². The molecule has 18 heavy (non-hydrogen) atoms. The number of hydrogen-bond acceptors (Lipinski definition) is 4. The molecule has 1 atom stereocenters. The predicted octanol–water partition coefficient (Wildman–Crippen LogP) is 2.43. The van der Waals surface area contributed by atoms with Crippen LogP contribution in [0.3, 0.4) is 0 Å². The molecule has 1 aromatic rings. The van der Waals surface area contributed by atoms with Crippen molar-refractivity contribution in [3.8, 4) is 6.07 Å². The summed E-state index contributed by atoms with van der Waals surface area (Å²) in [7, 11) is 1.70. The van der Waals surface area contributed by atoms with Crippen molar-refractivity contribution in [2.75, 3.05) is 32.2 Å². The molecule has 1 unspecified atom stereocenters. The van der Waals surface area contributed by atoms with Gasteiger partial charge in [0, 0.05) is 32.4 Å². The van der Waals surface area contributed by atoms with Crippen LogP contribution in [0.2, 0.25) is 5.02 Å². The van der Waals surface area contributed by atoms with Crippen LogP contribution in [0.25, 0.3) is 0 Å². The van der Waals surface area contributed by atoms with Gasteiger partial charge in [0.15, 0.2) is 0 Å². The Labute approximate surface area is 111 Å². The van der Waals surface area contributed by atoms with E-state index >= 15 is 0 Å². The summed E-state index contributed by atoms with van der Waals surface area (Å²) in [6, 6.07) is 7.32. The molecule has 0 aromatic heterocycles. The van der Waals surface area contributed by atoms with Gasteiger partial charge in [-0.1, -0.05) is 11.6 Å². The Bertz CT molecular complexity index is 465. The maximum atomic E-state index is 8.80. The lowest BCUT2D eigenvalue weighted by molar-refractivity contribution is -0.00619. The molecule has 2 rings (SSSR count). The molecular weight excluding hydrogens is 252 g/mol. The topological polar surface area (TPSA) is 54.3 Å². The van der Waals surface area contributed by atoms with Gasteiger partial charge in [-0.3, -0.25) is 0 Å². The molecule has 1 aliphatic rings. The summed E-state index contributed by atoms with van der Waals surface area (Å²) < 4.78 is 10.9. The number of rotatable bonds is 4. The van der Waals surface area contributed by atoms with Crippen molar-refractivity contribution in [2.45, 2.75) is 12.0 Å². The molecule has 0 amide bonds. The molecule has 0 spiro atoms. The third-order valence-corrected chi connectivity index (χ3v) is 3.52. The van der Waals surface area contributed by atoms with E-state index in [4.69, 9.17) is 26.3 Å². The standard InChI is InChI=1S/C13H15ClN2O2/c1-17-13(4-5-18-9-13)8-16-11-3-2-10(7-15)12(14)6-11/h2-3,6,16H,4-5,8-9H2,1H3. The molecule has 1 N–H and O–H groups in total. The van der Waals surface area contributed by atoms with E-state index in [2.05, 4.69) is 5.32 Å². The Hall–Kier alpha value is -1.28. The Morgan fingerprint density at radius 1 is 1.61 bits per heavy atom. The number of methoxy groups -OCH3 is 1. The Kier molecular flexibility index (Phi) is 4.07. The molecule has 0 aliphatic carbocycles. The minimum atomic E-state index is -0.264. The molecular formula is C13H15ClN2O2. The molecule has 1 fully saturated rings. The van der Waals surface area contributed by atoms with Gasteiger partial charge in [-0.2, -0.15) is 5.26 Å². The van der Waals surface area contributed by atoms with E-state index < -0.39 is 0 Å². The van der Waals surface area contributed by atoms with Crippen molar-refractivity contribution in [3.63, 3.8) is 0 Å². The highest BCUT2D eigenvalue weighted by atomic mass is 35.5. The monoisotopic (exact) mass is 266 g/mol. The second-order valence-electron chi connectivity index (χ2n) is 4.35. The van der Waals surface area contributed by atoms with Crippen LogP contribution < -0.4 is 5.32 Å². The highest BCUT2D eigenvalue weighted by Gasteiger charge is 2.34. The van der Waals surface area contributed by atoms with Gasteiger partial charge >= 0.3 is 0 Å². The molecule has 0 radical (unpaired) electrons. The molecule has 4 nitrogen and oxygen atoms in total. The maximum absolute atomic E-state index is 8.80. The van der Waals surface area contributed by atoms with E-state index in [-0.39, 0.29) is 5.60 Å². The van der Waals surface area contributed by atoms with Crippen LogP contribution in [0.1, 0.15) is 12.0 Å². The average molecular weight is 267 g/mol. The van der Waals surface area contributed by atoms with Crippen molar-refractivity contribution in [2.24, 2.45) is 0 Å². The summed E-state index contributed by atoms with van der Waals surface area (Å²) in [5.41, 5.74) is 1.09. The summed E-state index contributed by atoms with van der Waals surface area (Å²) >= 11 is 5.98. The number of nitriles is 1. The number of ether oxygens (including phenoxy) is 2. The van der Waals surface area contributed by atoms with Crippen LogP contribution in [-0.2, 0) is 9.47 Å². The quantitative estimate of drug-likeness (QED) is 0.909. The lowest BCUT2D eigenvalue weighted by atomic mass is 10.0. The summed E-state index contributed by atoms with van der Waals surface area (Å²) in [5.74, 6) is 0. The van der Waals surface area contributed by atoms with Gasteiger partial charge in [0.25, 0.3) is 0 Å². The SMILES string of the molecule is COC1(CNc2ccc(C#N)c(Cl)c2)CCOC1. The van der Waals surface area contributed by atoms with Crippen molar-refractivity contribution in [3.05, 3.63) is 28.8 Å². The van der Waals surface area contributed by atoms with Crippen LogP contribution in [-0.4, -0.2) is 32.5 Å². The Balaban J connectivity index is 2.02. The normalized spacial score (nSPS) is 22.7. The van der Waals surface area contributed by atoms with Crippen molar-refractivity contribution < 1.29 is 9.47 Å². The highest BCUT2D eigenvalue weighted by Crippen LogP contribution is 2.25. The second-order valence-corrected chi connectivity index (χ2v) is 4.76. The molecule has 1 aromatic carbocycles. The Morgan fingerprint density at radius 2 is 2.44 bits per heavy atom. The first-order valence-electron chi connectivity index (χ1n) is 5.75. The number of halogens is 1. The van der Waals surface area contributed by atoms with Gasteiger partial charge in [0.05, 0.1) is 17.2 Å². The summed E-state index contributed by atoms with van der Waals surface area (Å²) in [6.07, 6.45) is 0.876. The van der Waals surface area contributed by atoms with Crippen LogP contribution in [0, 0.1) is 11.3 Å². The molecule has 5 heteroatoms. The number of nitrogens with zero attached hydrogens (tertiary/aromatic N) is 1. The first kappa shape index (κ1) is 13.2. The van der Waals surface area contributed by atoms with E-state index in [1.54, 1.807) is 19.2 Å². The lowest BCUT2D eigenvalue weighted by Crippen LogP contribution is -2.39. The third kappa shape index (κ3) is 2.75. The number of hydrogen-bond donors (Lipinski definition) is 1. The van der Waals surface area contributed by atoms with Crippen LogP contribution >= 0.6 is 11.6 Å². The smallest absolute Gasteiger partial charge is 0.110 e. The maximum Gasteiger partial charge on any atom is 0.110 e. The van der Waals surface area contributed by atoms with Gasteiger partial charge in [-0.25, -0.2) is 0 Å². The molecule has 0 saturated carbocycles. The largest absolute Gasteiger partial charge is 0.382 e. The van der Waals surface area contributed by atoms with Crippen molar-refractivity contribution in [1.29, 1.82) is 5.26 Å². The molecule has 1 heterocycles. The van der Waals surface area contributed by atoms with E-state index in [0.717, 1.165) is 18.7 Å². The average Bonchev–Trinajstić information content (AvgIpc) is 2.86. The van der Waals surface area contributed by atoms with Crippen LogP contribution in [0.15, 0.2) is 18.2 Å². The second kappa shape index (κ2) is 5.57. The van der Waals surface area contributed by atoms with E-state index in [1.807, 2.05) is 12.1 Å². The zero-order valence-electron chi connectivity index (χ0n) is 10.2. The fraction of sp³-hybridized carbons (Fsp3) is 0.462. The fourth-order valence-electron chi connectivity index (χ4n) is 1.94. The van der Waals surface area contributed by atoms with E-state index in [1.165, 1.54) is 0 Å². The zero-order valence-corrected chi connectivity index (χ0v) is 11.0. The minimum absolute atomic E-state index is 0.264. The third-order valence-electron chi connectivity index (χ3n) is 3.20. The Morgan fingerprint density at radius 3 is 3.00 bits per heavy atom. The predicted molar refractivity (Wildman–Crippen MR) is 69.8 cm³/mol. The molecule has 1 saturated heterocycles. The number of anilines is 1. The van der Waals surface area contributed by atoms with Gasteiger partial charge in [0.2, 0.25) is 0 Å². The summed E-state index contributed by atoms with van der Waals surface area (Å²) in [6.45, 7) is 1.98. The highest BCUT2D eigenvalue weighted by molar-refractivity contribution is 6.32.